The van der Waals surface area contributed by atoms with Gasteiger partial charge in [0, 0.05) is 24.5 Å². The second-order valence-electron chi connectivity index (χ2n) is 15.8. The molecule has 2 unspecified atom stereocenters. The van der Waals surface area contributed by atoms with Crippen molar-refractivity contribution in [3.63, 3.8) is 0 Å². The highest BCUT2D eigenvalue weighted by Gasteiger charge is 2.51. The van der Waals surface area contributed by atoms with Crippen molar-refractivity contribution in [2.75, 3.05) is 0 Å². The minimum atomic E-state index is -0.997. The summed E-state index contributed by atoms with van der Waals surface area (Å²) >= 11 is 0. The normalized spacial score (nSPS) is 24.2. The molecule has 1 aliphatic heterocycles. The molecule has 274 valence electrons. The van der Waals surface area contributed by atoms with Crippen LogP contribution < -0.4 is 21.3 Å². The van der Waals surface area contributed by atoms with E-state index in [9.17, 15) is 28.8 Å². The molecule has 4 N–H and O–H groups in total. The molecule has 0 bridgehead atoms. The molecule has 5 rings (SSSR count). The quantitative estimate of drug-likeness (QED) is 0.228. The molecule has 6 atom stereocenters. The molecule has 2 heterocycles. The zero-order chi connectivity index (χ0) is 36.0. The summed E-state index contributed by atoms with van der Waals surface area (Å²) in [5.41, 5.74) is -0.641. The number of aromatic nitrogens is 2. The summed E-state index contributed by atoms with van der Waals surface area (Å²) in [7, 11) is 0. The van der Waals surface area contributed by atoms with Gasteiger partial charge in [-0.3, -0.25) is 33.8 Å². The second-order valence-corrected chi connectivity index (χ2v) is 15.8. The van der Waals surface area contributed by atoms with Gasteiger partial charge in [0.25, 0.3) is 11.8 Å². The van der Waals surface area contributed by atoms with Crippen molar-refractivity contribution in [2.45, 2.75) is 154 Å². The van der Waals surface area contributed by atoms with Crippen LogP contribution in [0.2, 0.25) is 0 Å². The second kappa shape index (κ2) is 16.4. The Kier molecular flexibility index (Phi) is 12.3. The zero-order valence-corrected chi connectivity index (χ0v) is 30.0. The molecule has 1 aromatic heterocycles. The van der Waals surface area contributed by atoms with Crippen LogP contribution in [0, 0.1) is 17.3 Å². The van der Waals surface area contributed by atoms with Crippen LogP contribution in [-0.4, -0.2) is 86.4 Å². The summed E-state index contributed by atoms with van der Waals surface area (Å²) < 4.78 is 0. The predicted molar refractivity (Wildman–Crippen MR) is 185 cm³/mol. The Hall–Kier alpha value is -3.90. The number of Topliss-reactive ketones (excluding diaryl/α,β-unsaturated/α-hetero) is 1. The lowest BCUT2D eigenvalue weighted by atomic mass is 9.81. The van der Waals surface area contributed by atoms with Gasteiger partial charge in [-0.1, -0.05) is 66.2 Å². The van der Waals surface area contributed by atoms with Crippen LogP contribution in [0.4, 0.5) is 0 Å². The van der Waals surface area contributed by atoms with Gasteiger partial charge in [0.1, 0.15) is 23.8 Å². The number of hydrogen-bond acceptors (Lipinski definition) is 8. The van der Waals surface area contributed by atoms with E-state index < -0.39 is 59.0 Å². The maximum atomic E-state index is 14.8. The van der Waals surface area contributed by atoms with E-state index >= 15 is 0 Å². The smallest absolute Gasteiger partial charge is 0.289 e. The van der Waals surface area contributed by atoms with E-state index in [1.807, 2.05) is 27.7 Å². The highest BCUT2D eigenvalue weighted by molar-refractivity contribution is 6.38. The SMILES string of the molecule is CCC[C@H](NC(=O)[C@H]1CC2CCCCC2N1C(=O)[C@@H](NC(=O)[C@@H](NC(=O)c1cnccn1)C1CCCCC1)C(C)(C)C)C(=O)C(=O)NC1CC1. The molecular weight excluding hydrogens is 638 g/mol. The minimum Gasteiger partial charge on any atom is -0.347 e. The number of fused-ring (bicyclic) bond motifs is 1. The van der Waals surface area contributed by atoms with Gasteiger partial charge in [0.05, 0.1) is 12.2 Å². The Bertz CT molecular complexity index is 1400. The van der Waals surface area contributed by atoms with E-state index in [1.165, 1.54) is 18.6 Å². The number of nitrogens with one attached hydrogen (secondary N) is 4. The van der Waals surface area contributed by atoms with Crippen molar-refractivity contribution in [1.29, 1.82) is 0 Å². The van der Waals surface area contributed by atoms with E-state index in [-0.39, 0.29) is 35.5 Å². The Morgan fingerprint density at radius 1 is 0.880 bits per heavy atom. The molecule has 0 radical (unpaired) electrons. The molecule has 1 saturated heterocycles. The third kappa shape index (κ3) is 9.06. The van der Waals surface area contributed by atoms with Crippen LogP contribution in [0.5, 0.6) is 0 Å². The number of carbonyl (C=O) groups is 6. The third-order valence-electron chi connectivity index (χ3n) is 10.9. The van der Waals surface area contributed by atoms with E-state index in [2.05, 4.69) is 31.2 Å². The number of hydrogen-bond donors (Lipinski definition) is 4. The number of amides is 5. The Labute approximate surface area is 295 Å². The van der Waals surface area contributed by atoms with Gasteiger partial charge < -0.3 is 26.2 Å². The van der Waals surface area contributed by atoms with Gasteiger partial charge in [-0.2, -0.15) is 0 Å². The topological polar surface area (TPSA) is 180 Å². The molecular formula is C37H55N7O6. The van der Waals surface area contributed by atoms with Gasteiger partial charge in [-0.15, -0.1) is 0 Å². The lowest BCUT2D eigenvalue weighted by Gasteiger charge is -2.40. The maximum absolute atomic E-state index is 14.8. The van der Waals surface area contributed by atoms with Crippen LogP contribution in [0.15, 0.2) is 18.6 Å². The van der Waals surface area contributed by atoms with Gasteiger partial charge in [0.2, 0.25) is 23.5 Å². The van der Waals surface area contributed by atoms with Crippen LogP contribution in [0.1, 0.15) is 128 Å². The molecule has 0 aromatic carbocycles. The van der Waals surface area contributed by atoms with Crippen molar-refractivity contribution in [1.82, 2.24) is 36.1 Å². The summed E-state index contributed by atoms with van der Waals surface area (Å²) in [6.07, 6.45) is 15.3. The summed E-state index contributed by atoms with van der Waals surface area (Å²) in [4.78, 5) is 91.9. The molecule has 3 aliphatic carbocycles. The monoisotopic (exact) mass is 693 g/mol. The zero-order valence-electron chi connectivity index (χ0n) is 30.0. The fraction of sp³-hybridized carbons (Fsp3) is 0.730. The number of ketones is 1. The number of nitrogens with zero attached hydrogens (tertiary/aromatic N) is 3. The molecule has 13 nitrogen and oxygen atoms in total. The summed E-state index contributed by atoms with van der Waals surface area (Å²) in [6.45, 7) is 7.52. The minimum absolute atomic E-state index is 0.0121. The number of carbonyl (C=O) groups excluding carboxylic acids is 6. The van der Waals surface area contributed by atoms with E-state index in [1.54, 1.807) is 4.90 Å². The lowest BCUT2D eigenvalue weighted by Crippen LogP contribution is -2.63. The average Bonchev–Trinajstić information content (AvgIpc) is 3.84. The molecule has 4 aliphatic rings. The van der Waals surface area contributed by atoms with Crippen molar-refractivity contribution in [2.24, 2.45) is 17.3 Å². The fourth-order valence-corrected chi connectivity index (χ4v) is 8.01. The fourth-order valence-electron chi connectivity index (χ4n) is 8.01. The van der Waals surface area contributed by atoms with E-state index in [0.717, 1.165) is 70.6 Å². The summed E-state index contributed by atoms with van der Waals surface area (Å²) in [5, 5.41) is 11.5. The first-order chi connectivity index (χ1) is 23.9. The first-order valence-corrected chi connectivity index (χ1v) is 18.7. The molecule has 5 amide bonds. The third-order valence-corrected chi connectivity index (χ3v) is 10.9. The van der Waals surface area contributed by atoms with Crippen molar-refractivity contribution < 1.29 is 28.8 Å². The van der Waals surface area contributed by atoms with Gasteiger partial charge in [0.15, 0.2) is 0 Å². The highest BCUT2D eigenvalue weighted by Crippen LogP contribution is 2.41. The van der Waals surface area contributed by atoms with Crippen molar-refractivity contribution in [3.8, 4) is 0 Å². The molecule has 0 spiro atoms. The first kappa shape index (κ1) is 37.4. The summed E-state index contributed by atoms with van der Waals surface area (Å²) in [5.74, 6) is -3.12. The Balaban J connectivity index is 1.38. The molecule has 3 saturated carbocycles. The standard InChI is InChI=1S/C37H55N7O6/c1-5-11-25(30(45)35(49)40-24-16-17-24)41-33(47)28-20-23-14-9-10-15-27(23)44(28)36(50)31(37(2,3)4)43-34(48)29(22-12-7-6-8-13-22)42-32(46)26-21-38-18-19-39-26/h18-19,21-25,27-29,31H,5-17,20H2,1-4H3,(H,40,49)(H,41,47)(H,42,46)(H,43,48)/t23?,25-,27?,28+,29-,31+/m0/s1. The van der Waals surface area contributed by atoms with Gasteiger partial charge in [-0.05, 0) is 68.6 Å². The van der Waals surface area contributed by atoms with Gasteiger partial charge in [-0.25, -0.2) is 4.98 Å². The average molecular weight is 694 g/mol. The number of rotatable bonds is 13. The van der Waals surface area contributed by atoms with Crippen LogP contribution in [-0.2, 0) is 24.0 Å². The van der Waals surface area contributed by atoms with E-state index in [0.29, 0.717) is 19.3 Å². The first-order valence-electron chi connectivity index (χ1n) is 18.7. The molecule has 50 heavy (non-hydrogen) atoms. The van der Waals surface area contributed by atoms with Crippen molar-refractivity contribution in [3.05, 3.63) is 24.3 Å². The lowest BCUT2D eigenvalue weighted by molar-refractivity contribution is -0.147. The van der Waals surface area contributed by atoms with Crippen LogP contribution in [0.3, 0.4) is 0 Å². The van der Waals surface area contributed by atoms with E-state index in [4.69, 9.17) is 0 Å². The van der Waals surface area contributed by atoms with Crippen LogP contribution in [0.25, 0.3) is 0 Å². The summed E-state index contributed by atoms with van der Waals surface area (Å²) in [6, 6.07) is -3.89. The molecule has 4 fully saturated rings. The Morgan fingerprint density at radius 2 is 1.58 bits per heavy atom. The maximum Gasteiger partial charge on any atom is 0.289 e. The molecule has 1 aromatic rings. The number of likely N-dealkylation sites (tertiary alicyclic amines) is 1. The largest absolute Gasteiger partial charge is 0.347 e. The van der Waals surface area contributed by atoms with Crippen molar-refractivity contribution >= 4 is 35.3 Å². The van der Waals surface area contributed by atoms with Crippen LogP contribution >= 0.6 is 0 Å². The van der Waals surface area contributed by atoms with Gasteiger partial charge >= 0.3 is 0 Å². The highest BCUT2D eigenvalue weighted by atomic mass is 16.2. The predicted octanol–water partition coefficient (Wildman–Crippen LogP) is 2.98. The molecule has 13 heteroatoms. The Morgan fingerprint density at radius 3 is 2.22 bits per heavy atom.